The van der Waals surface area contributed by atoms with Gasteiger partial charge in [0.15, 0.2) is 0 Å². The zero-order valence-corrected chi connectivity index (χ0v) is 13.4. The number of aromatic nitrogens is 1. The number of anilines is 1. The molecule has 0 aromatic carbocycles. The number of hydrogen-bond acceptors (Lipinski definition) is 4. The van der Waals surface area contributed by atoms with Crippen molar-refractivity contribution in [1.82, 2.24) is 10.3 Å². The van der Waals surface area contributed by atoms with Crippen molar-refractivity contribution in [2.24, 2.45) is 0 Å². The molecule has 0 radical (unpaired) electrons. The largest absolute Gasteiger partial charge is 0.379 e. The van der Waals surface area contributed by atoms with E-state index in [1.807, 2.05) is 0 Å². The van der Waals surface area contributed by atoms with Gasteiger partial charge in [0, 0.05) is 31.4 Å². The molecule has 1 atom stereocenters. The van der Waals surface area contributed by atoms with Crippen LogP contribution in [0.15, 0.2) is 12.1 Å². The standard InChI is InChI=1S/C16H27N3O/c1-12-13(10-17-16(2,3)4)6-7-15(18-12)19(5)14-8-9-20-11-14/h6-7,14,17H,8-11H2,1-5H3. The fraction of sp³-hybridized carbons (Fsp3) is 0.688. The number of nitrogens with zero attached hydrogens (tertiary/aromatic N) is 2. The van der Waals surface area contributed by atoms with Crippen LogP contribution in [0.3, 0.4) is 0 Å². The van der Waals surface area contributed by atoms with Crippen molar-refractivity contribution in [1.29, 1.82) is 0 Å². The Kier molecular flexibility index (Phi) is 4.66. The molecule has 2 rings (SSSR count). The van der Waals surface area contributed by atoms with E-state index in [0.717, 1.165) is 37.7 Å². The molecule has 4 heteroatoms. The highest BCUT2D eigenvalue weighted by molar-refractivity contribution is 5.42. The normalized spacial score (nSPS) is 19.4. The third-order valence-corrected chi connectivity index (χ3v) is 3.80. The summed E-state index contributed by atoms with van der Waals surface area (Å²) in [4.78, 5) is 6.99. The van der Waals surface area contributed by atoms with Crippen molar-refractivity contribution in [3.63, 3.8) is 0 Å². The van der Waals surface area contributed by atoms with Gasteiger partial charge in [0.05, 0.1) is 12.6 Å². The maximum absolute atomic E-state index is 5.45. The topological polar surface area (TPSA) is 37.4 Å². The van der Waals surface area contributed by atoms with Gasteiger partial charge in [-0.2, -0.15) is 0 Å². The van der Waals surface area contributed by atoms with Crippen molar-refractivity contribution < 1.29 is 4.74 Å². The number of ether oxygens (including phenoxy) is 1. The van der Waals surface area contributed by atoms with E-state index in [1.165, 1.54) is 5.56 Å². The average Bonchev–Trinajstić information content (AvgIpc) is 2.89. The van der Waals surface area contributed by atoms with Crippen LogP contribution in [0.25, 0.3) is 0 Å². The van der Waals surface area contributed by atoms with Gasteiger partial charge >= 0.3 is 0 Å². The number of likely N-dealkylation sites (N-methyl/N-ethyl adjacent to an activating group) is 1. The fourth-order valence-corrected chi connectivity index (χ4v) is 2.33. The van der Waals surface area contributed by atoms with E-state index in [4.69, 9.17) is 9.72 Å². The first-order valence-electron chi connectivity index (χ1n) is 7.39. The molecule has 0 amide bonds. The molecule has 4 nitrogen and oxygen atoms in total. The second-order valence-electron chi connectivity index (χ2n) is 6.65. The van der Waals surface area contributed by atoms with Crippen LogP contribution in [0.2, 0.25) is 0 Å². The maximum atomic E-state index is 5.45. The SMILES string of the molecule is Cc1nc(N(C)C2CCOC2)ccc1CNC(C)(C)C. The third-order valence-electron chi connectivity index (χ3n) is 3.80. The Morgan fingerprint density at radius 3 is 2.70 bits per heavy atom. The smallest absolute Gasteiger partial charge is 0.128 e. The van der Waals surface area contributed by atoms with E-state index in [0.29, 0.717) is 6.04 Å². The van der Waals surface area contributed by atoms with E-state index < -0.39 is 0 Å². The molecule has 1 aliphatic rings. The molecule has 1 aliphatic heterocycles. The molecule has 112 valence electrons. The highest BCUT2D eigenvalue weighted by Gasteiger charge is 2.21. The molecule has 2 heterocycles. The number of rotatable bonds is 4. The van der Waals surface area contributed by atoms with Crippen LogP contribution in [0, 0.1) is 6.92 Å². The fourth-order valence-electron chi connectivity index (χ4n) is 2.33. The molecule has 1 aromatic rings. The number of hydrogen-bond donors (Lipinski definition) is 1. The second kappa shape index (κ2) is 6.10. The zero-order chi connectivity index (χ0) is 14.8. The summed E-state index contributed by atoms with van der Waals surface area (Å²) in [6.07, 6.45) is 1.09. The average molecular weight is 277 g/mol. The van der Waals surface area contributed by atoms with Crippen LogP contribution >= 0.6 is 0 Å². The van der Waals surface area contributed by atoms with Gasteiger partial charge in [-0.15, -0.1) is 0 Å². The first kappa shape index (κ1) is 15.3. The first-order chi connectivity index (χ1) is 9.37. The monoisotopic (exact) mass is 277 g/mol. The Labute approximate surface area is 122 Å². The van der Waals surface area contributed by atoms with Crippen molar-refractivity contribution in [3.05, 3.63) is 23.4 Å². The zero-order valence-electron chi connectivity index (χ0n) is 13.4. The van der Waals surface area contributed by atoms with Crippen LogP contribution < -0.4 is 10.2 Å². The molecular weight excluding hydrogens is 250 g/mol. The van der Waals surface area contributed by atoms with Crippen molar-refractivity contribution >= 4 is 5.82 Å². The van der Waals surface area contributed by atoms with Gasteiger partial charge in [0.2, 0.25) is 0 Å². The molecule has 20 heavy (non-hydrogen) atoms. The molecule has 0 aliphatic carbocycles. The number of aryl methyl sites for hydroxylation is 1. The molecule has 0 bridgehead atoms. The quantitative estimate of drug-likeness (QED) is 0.917. The highest BCUT2D eigenvalue weighted by Crippen LogP contribution is 2.20. The summed E-state index contributed by atoms with van der Waals surface area (Å²) in [5.74, 6) is 1.04. The van der Waals surface area contributed by atoms with Gasteiger partial charge in [0.25, 0.3) is 0 Å². The van der Waals surface area contributed by atoms with E-state index in [-0.39, 0.29) is 5.54 Å². The van der Waals surface area contributed by atoms with Crippen LogP contribution in [-0.2, 0) is 11.3 Å². The summed E-state index contributed by atoms with van der Waals surface area (Å²) in [6.45, 7) is 11.2. The van der Waals surface area contributed by atoms with Gasteiger partial charge in [-0.3, -0.25) is 0 Å². The molecule has 1 fully saturated rings. The minimum absolute atomic E-state index is 0.128. The molecule has 0 spiro atoms. The van der Waals surface area contributed by atoms with Crippen LogP contribution in [0.5, 0.6) is 0 Å². The van der Waals surface area contributed by atoms with Crippen molar-refractivity contribution in [3.8, 4) is 0 Å². The summed E-state index contributed by atoms with van der Waals surface area (Å²) in [5, 5.41) is 3.51. The first-order valence-corrected chi connectivity index (χ1v) is 7.39. The van der Waals surface area contributed by atoms with Crippen LogP contribution in [0.4, 0.5) is 5.82 Å². The Hall–Kier alpha value is -1.13. The Morgan fingerprint density at radius 1 is 1.40 bits per heavy atom. The lowest BCUT2D eigenvalue weighted by Gasteiger charge is -2.25. The van der Waals surface area contributed by atoms with E-state index >= 15 is 0 Å². The Morgan fingerprint density at radius 2 is 2.15 bits per heavy atom. The maximum Gasteiger partial charge on any atom is 0.128 e. The van der Waals surface area contributed by atoms with E-state index in [1.54, 1.807) is 0 Å². The van der Waals surface area contributed by atoms with E-state index in [9.17, 15) is 0 Å². The second-order valence-corrected chi connectivity index (χ2v) is 6.65. The summed E-state index contributed by atoms with van der Waals surface area (Å²) in [6, 6.07) is 4.76. The Balaban J connectivity index is 2.05. The predicted molar refractivity (Wildman–Crippen MR) is 83.2 cm³/mol. The molecule has 1 saturated heterocycles. The summed E-state index contributed by atoms with van der Waals surface area (Å²) < 4.78 is 5.45. The Bertz CT molecular complexity index is 448. The molecule has 1 N–H and O–H groups in total. The predicted octanol–water partition coefficient (Wildman–Crippen LogP) is 2.50. The molecule has 1 unspecified atom stereocenters. The molecule has 0 saturated carbocycles. The van der Waals surface area contributed by atoms with Crippen molar-refractivity contribution in [2.45, 2.75) is 52.2 Å². The van der Waals surface area contributed by atoms with Crippen LogP contribution in [0.1, 0.15) is 38.4 Å². The lowest BCUT2D eigenvalue weighted by atomic mass is 10.1. The van der Waals surface area contributed by atoms with Gasteiger partial charge in [-0.05, 0) is 45.7 Å². The van der Waals surface area contributed by atoms with Crippen molar-refractivity contribution in [2.75, 3.05) is 25.2 Å². The molecular formula is C16H27N3O. The minimum atomic E-state index is 0.128. The summed E-state index contributed by atoms with van der Waals surface area (Å²) >= 11 is 0. The third kappa shape index (κ3) is 3.93. The summed E-state index contributed by atoms with van der Waals surface area (Å²) in [5.41, 5.74) is 2.49. The van der Waals surface area contributed by atoms with Gasteiger partial charge in [0.1, 0.15) is 5.82 Å². The lowest BCUT2D eigenvalue weighted by Crippen LogP contribution is -2.35. The van der Waals surface area contributed by atoms with Gasteiger partial charge < -0.3 is 15.0 Å². The highest BCUT2D eigenvalue weighted by atomic mass is 16.5. The number of nitrogens with one attached hydrogen (secondary N) is 1. The van der Waals surface area contributed by atoms with Gasteiger partial charge in [-0.1, -0.05) is 6.07 Å². The van der Waals surface area contributed by atoms with Gasteiger partial charge in [-0.25, -0.2) is 4.98 Å². The summed E-state index contributed by atoms with van der Waals surface area (Å²) in [7, 11) is 2.11. The van der Waals surface area contributed by atoms with E-state index in [2.05, 4.69) is 57.1 Å². The van der Waals surface area contributed by atoms with Crippen LogP contribution in [-0.4, -0.2) is 36.8 Å². The molecule has 1 aromatic heterocycles. The lowest BCUT2D eigenvalue weighted by molar-refractivity contribution is 0.193. The minimum Gasteiger partial charge on any atom is -0.379 e. The number of pyridine rings is 1.